The topological polar surface area (TPSA) is 65.0 Å². The molecule has 1 fully saturated rings. The Labute approximate surface area is 213 Å². The van der Waals surface area contributed by atoms with Crippen molar-refractivity contribution in [3.8, 4) is 5.75 Å². The Morgan fingerprint density at radius 3 is 2.41 bits per heavy atom. The van der Waals surface area contributed by atoms with Gasteiger partial charge < -0.3 is 20.3 Å². The molecule has 1 aromatic carbocycles. The monoisotopic (exact) mass is 572 g/mol. The van der Waals surface area contributed by atoms with Crippen molar-refractivity contribution < 1.29 is 4.74 Å². The van der Waals surface area contributed by atoms with Gasteiger partial charge in [0.1, 0.15) is 10.9 Å². The highest BCUT2D eigenvalue weighted by molar-refractivity contribution is 14.0. The fraction of sp³-hybridized carbons (Fsp3) is 0.478. The Balaban J connectivity index is 0.00000363. The molecule has 9 heteroatoms. The van der Waals surface area contributed by atoms with Crippen LogP contribution in [0.2, 0.25) is 5.15 Å². The molecule has 0 aliphatic carbocycles. The molecule has 3 rings (SSSR count). The molecule has 0 unspecified atom stereocenters. The van der Waals surface area contributed by atoms with Crippen molar-refractivity contribution in [2.24, 2.45) is 4.99 Å². The van der Waals surface area contributed by atoms with Gasteiger partial charge >= 0.3 is 0 Å². The molecule has 0 bridgehead atoms. The van der Waals surface area contributed by atoms with E-state index < -0.39 is 0 Å². The van der Waals surface area contributed by atoms with Gasteiger partial charge in [0.05, 0.1) is 7.11 Å². The van der Waals surface area contributed by atoms with E-state index in [1.54, 1.807) is 14.2 Å². The largest absolute Gasteiger partial charge is 0.497 e. The van der Waals surface area contributed by atoms with Gasteiger partial charge in [0.2, 0.25) is 0 Å². The number of anilines is 1. The molecule has 1 saturated heterocycles. The number of rotatable bonds is 9. The number of piperazine rings is 1. The molecular formula is C23H34ClIN6O. The molecule has 1 aliphatic rings. The lowest BCUT2D eigenvalue weighted by atomic mass is 10.2. The maximum absolute atomic E-state index is 5.83. The van der Waals surface area contributed by atoms with E-state index in [2.05, 4.69) is 42.5 Å². The third-order valence-corrected chi connectivity index (χ3v) is 5.70. The summed E-state index contributed by atoms with van der Waals surface area (Å²) >= 11 is 5.83. The van der Waals surface area contributed by atoms with Crippen LogP contribution < -0.4 is 20.3 Å². The molecule has 1 aromatic heterocycles. The number of benzene rings is 1. The Morgan fingerprint density at radius 2 is 1.78 bits per heavy atom. The maximum Gasteiger partial charge on any atom is 0.190 e. The number of nitrogens with one attached hydrogen (secondary N) is 2. The average molecular weight is 573 g/mol. The van der Waals surface area contributed by atoms with Gasteiger partial charge in [0, 0.05) is 58.2 Å². The molecular weight excluding hydrogens is 539 g/mol. The predicted octanol–water partition coefficient (Wildman–Crippen LogP) is 3.28. The molecule has 0 amide bonds. The number of ether oxygens (including phenoxy) is 1. The second-order valence-corrected chi connectivity index (χ2v) is 7.93. The smallest absolute Gasteiger partial charge is 0.190 e. The average Bonchev–Trinajstić information content (AvgIpc) is 2.82. The normalized spacial score (nSPS) is 14.6. The number of halogens is 2. The molecule has 32 heavy (non-hydrogen) atoms. The number of aliphatic imine (C=N–C) groups is 1. The van der Waals surface area contributed by atoms with Gasteiger partial charge in [-0.25, -0.2) is 4.98 Å². The number of nitrogens with zero attached hydrogens (tertiary/aromatic N) is 4. The van der Waals surface area contributed by atoms with Crippen molar-refractivity contribution >= 4 is 47.2 Å². The molecule has 2 aromatic rings. The number of hydrogen-bond acceptors (Lipinski definition) is 5. The number of hydrogen-bond donors (Lipinski definition) is 2. The summed E-state index contributed by atoms with van der Waals surface area (Å²) in [6.07, 6.45) is 3.78. The summed E-state index contributed by atoms with van der Waals surface area (Å²) < 4.78 is 5.25. The van der Waals surface area contributed by atoms with Crippen LogP contribution in [0.5, 0.6) is 5.75 Å². The van der Waals surface area contributed by atoms with Crippen LogP contribution in [0.15, 0.2) is 47.6 Å². The second kappa shape index (κ2) is 14.4. The molecule has 0 atom stereocenters. The van der Waals surface area contributed by atoms with E-state index in [4.69, 9.17) is 16.3 Å². The zero-order valence-corrected chi connectivity index (χ0v) is 22.0. The SMILES string of the molecule is CN=C(NCCCN1CCN(c2ccc(OC)cc2)CC1)NCCc1ccc(Cl)nc1.I. The summed E-state index contributed by atoms with van der Waals surface area (Å²) in [5, 5.41) is 7.28. The van der Waals surface area contributed by atoms with E-state index in [9.17, 15) is 0 Å². The van der Waals surface area contributed by atoms with Crippen molar-refractivity contribution in [3.63, 3.8) is 0 Å². The van der Waals surface area contributed by atoms with Crippen LogP contribution in [0.1, 0.15) is 12.0 Å². The first kappa shape index (κ1) is 26.5. The molecule has 0 saturated carbocycles. The lowest BCUT2D eigenvalue weighted by Gasteiger charge is -2.36. The van der Waals surface area contributed by atoms with Crippen LogP contribution in [0.4, 0.5) is 5.69 Å². The summed E-state index contributed by atoms with van der Waals surface area (Å²) in [5.41, 5.74) is 2.42. The van der Waals surface area contributed by atoms with Crippen LogP contribution >= 0.6 is 35.6 Å². The fourth-order valence-corrected chi connectivity index (χ4v) is 3.74. The van der Waals surface area contributed by atoms with Gasteiger partial charge in [-0.3, -0.25) is 9.89 Å². The summed E-state index contributed by atoms with van der Waals surface area (Å²) in [6.45, 7) is 7.10. The third-order valence-electron chi connectivity index (χ3n) is 5.47. The van der Waals surface area contributed by atoms with Gasteiger partial charge in [-0.15, -0.1) is 24.0 Å². The number of pyridine rings is 1. The van der Waals surface area contributed by atoms with E-state index in [0.29, 0.717) is 5.15 Å². The lowest BCUT2D eigenvalue weighted by Crippen LogP contribution is -2.47. The second-order valence-electron chi connectivity index (χ2n) is 7.55. The van der Waals surface area contributed by atoms with Crippen molar-refractivity contribution in [3.05, 3.63) is 53.3 Å². The van der Waals surface area contributed by atoms with Crippen molar-refractivity contribution in [1.82, 2.24) is 20.5 Å². The molecule has 176 valence electrons. The minimum Gasteiger partial charge on any atom is -0.497 e. The van der Waals surface area contributed by atoms with Gasteiger partial charge in [0.25, 0.3) is 0 Å². The first-order valence-electron chi connectivity index (χ1n) is 10.8. The minimum atomic E-state index is 0. The van der Waals surface area contributed by atoms with Gasteiger partial charge in [-0.1, -0.05) is 17.7 Å². The van der Waals surface area contributed by atoms with E-state index in [1.807, 2.05) is 30.5 Å². The van der Waals surface area contributed by atoms with Gasteiger partial charge in [-0.05, 0) is 55.3 Å². The Bertz CT molecular complexity index is 810. The Hall–Kier alpha value is -1.78. The highest BCUT2D eigenvalue weighted by Crippen LogP contribution is 2.20. The summed E-state index contributed by atoms with van der Waals surface area (Å²) in [5.74, 6) is 1.74. The summed E-state index contributed by atoms with van der Waals surface area (Å²) in [6, 6.07) is 12.2. The number of aromatic nitrogens is 1. The zero-order valence-electron chi connectivity index (χ0n) is 18.9. The molecule has 2 heterocycles. The Kier molecular flexibility index (Phi) is 11.9. The zero-order chi connectivity index (χ0) is 21.9. The van der Waals surface area contributed by atoms with Gasteiger partial charge in [0.15, 0.2) is 5.96 Å². The third kappa shape index (κ3) is 8.63. The summed E-state index contributed by atoms with van der Waals surface area (Å²) in [4.78, 5) is 13.4. The standard InChI is InChI=1S/C23H33ClN6O.HI/c1-25-23(27-12-10-19-4-9-22(24)28-18-19)26-11-3-13-29-14-16-30(17-15-29)20-5-7-21(31-2)8-6-20;/h4-9,18H,3,10-17H2,1-2H3,(H2,25,26,27);1H. The number of guanidine groups is 1. The fourth-order valence-electron chi connectivity index (χ4n) is 3.63. The maximum atomic E-state index is 5.83. The van der Waals surface area contributed by atoms with Crippen LogP contribution in [0, 0.1) is 0 Å². The quantitative estimate of drug-likeness (QED) is 0.158. The van der Waals surface area contributed by atoms with Crippen LogP contribution in [0.25, 0.3) is 0 Å². The molecule has 0 spiro atoms. The minimum absolute atomic E-state index is 0. The van der Waals surface area contributed by atoms with E-state index in [-0.39, 0.29) is 24.0 Å². The summed E-state index contributed by atoms with van der Waals surface area (Å²) in [7, 11) is 3.50. The Morgan fingerprint density at radius 1 is 1.06 bits per heavy atom. The highest BCUT2D eigenvalue weighted by Gasteiger charge is 2.16. The molecule has 0 radical (unpaired) electrons. The van der Waals surface area contributed by atoms with E-state index in [1.165, 1.54) is 5.69 Å². The van der Waals surface area contributed by atoms with Crippen LogP contribution in [0.3, 0.4) is 0 Å². The van der Waals surface area contributed by atoms with Crippen LogP contribution in [-0.4, -0.2) is 75.8 Å². The first-order chi connectivity index (χ1) is 15.2. The van der Waals surface area contributed by atoms with Crippen molar-refractivity contribution in [2.75, 3.05) is 64.9 Å². The molecule has 2 N–H and O–H groups in total. The number of methoxy groups -OCH3 is 1. The van der Waals surface area contributed by atoms with E-state index in [0.717, 1.165) is 75.9 Å². The lowest BCUT2D eigenvalue weighted by molar-refractivity contribution is 0.255. The molecule has 7 nitrogen and oxygen atoms in total. The molecule has 1 aliphatic heterocycles. The van der Waals surface area contributed by atoms with Crippen molar-refractivity contribution in [2.45, 2.75) is 12.8 Å². The van der Waals surface area contributed by atoms with E-state index >= 15 is 0 Å². The highest BCUT2D eigenvalue weighted by atomic mass is 127. The van der Waals surface area contributed by atoms with Crippen LogP contribution in [-0.2, 0) is 6.42 Å². The first-order valence-corrected chi connectivity index (χ1v) is 11.2. The predicted molar refractivity (Wildman–Crippen MR) is 144 cm³/mol. The van der Waals surface area contributed by atoms with Gasteiger partial charge in [-0.2, -0.15) is 0 Å². The van der Waals surface area contributed by atoms with Crippen molar-refractivity contribution in [1.29, 1.82) is 0 Å².